The Balaban J connectivity index is 1.30. The second-order valence-electron chi connectivity index (χ2n) is 6.60. The van der Waals surface area contributed by atoms with Gasteiger partial charge in [-0.3, -0.25) is 0 Å². The molecule has 124 valence electrons. The highest BCUT2D eigenvalue weighted by atomic mass is 32.1. The number of nitrogens with zero attached hydrogens (tertiary/aromatic N) is 7. The second-order valence-corrected chi connectivity index (χ2v) is 7.66. The van der Waals surface area contributed by atoms with Crippen LogP contribution in [0.3, 0.4) is 0 Å². The summed E-state index contributed by atoms with van der Waals surface area (Å²) in [5.41, 5.74) is 2.12. The van der Waals surface area contributed by atoms with Gasteiger partial charge < -0.3 is 9.80 Å². The number of aryl methyl sites for hydroxylation is 3. The van der Waals surface area contributed by atoms with E-state index in [0.29, 0.717) is 6.04 Å². The highest BCUT2D eigenvalue weighted by Crippen LogP contribution is 2.34. The standard InChI is InChI=1S/C16H19N7S/c1-10-18-19-14-6-7-15(20-23(10)14)22-8-11(9-22)21(2)16-17-12-4-3-5-13(12)24-16/h6-7,11H,3-5,8-9H2,1-2H3. The van der Waals surface area contributed by atoms with Crippen LogP contribution in [0.2, 0.25) is 0 Å². The van der Waals surface area contributed by atoms with Gasteiger partial charge in [-0.25, -0.2) is 4.98 Å². The fraction of sp³-hybridized carbons (Fsp3) is 0.500. The zero-order chi connectivity index (χ0) is 16.3. The fourth-order valence-electron chi connectivity index (χ4n) is 3.43. The van der Waals surface area contributed by atoms with Crippen LogP contribution in [0.4, 0.5) is 10.9 Å². The molecule has 5 rings (SSSR count). The summed E-state index contributed by atoms with van der Waals surface area (Å²) in [5.74, 6) is 1.80. The minimum Gasteiger partial charge on any atom is -0.351 e. The molecule has 0 bridgehead atoms. The van der Waals surface area contributed by atoms with Gasteiger partial charge in [0.25, 0.3) is 0 Å². The number of aromatic nitrogens is 5. The lowest BCUT2D eigenvalue weighted by Gasteiger charge is -2.44. The van der Waals surface area contributed by atoms with E-state index in [-0.39, 0.29) is 0 Å². The Morgan fingerprint density at radius 2 is 2.08 bits per heavy atom. The lowest BCUT2D eigenvalue weighted by Crippen LogP contribution is -2.59. The topological polar surface area (TPSA) is 62.5 Å². The molecule has 0 atom stereocenters. The van der Waals surface area contributed by atoms with Crippen molar-refractivity contribution in [3.8, 4) is 0 Å². The normalized spacial score (nSPS) is 17.3. The summed E-state index contributed by atoms with van der Waals surface area (Å²) in [6, 6.07) is 4.50. The van der Waals surface area contributed by atoms with Crippen molar-refractivity contribution in [1.29, 1.82) is 0 Å². The zero-order valence-corrected chi connectivity index (χ0v) is 14.6. The third-order valence-electron chi connectivity index (χ3n) is 5.02. The van der Waals surface area contributed by atoms with E-state index in [2.05, 4.69) is 32.1 Å². The van der Waals surface area contributed by atoms with E-state index in [1.165, 1.54) is 28.5 Å². The van der Waals surface area contributed by atoms with Gasteiger partial charge in [0.05, 0.1) is 11.7 Å². The average molecular weight is 341 g/mol. The van der Waals surface area contributed by atoms with Crippen molar-refractivity contribution in [3.63, 3.8) is 0 Å². The largest absolute Gasteiger partial charge is 0.351 e. The summed E-state index contributed by atoms with van der Waals surface area (Å²) < 4.78 is 1.80. The molecule has 0 unspecified atom stereocenters. The smallest absolute Gasteiger partial charge is 0.185 e. The monoisotopic (exact) mass is 341 g/mol. The Morgan fingerprint density at radius 3 is 2.92 bits per heavy atom. The number of hydrogen-bond donors (Lipinski definition) is 0. The first-order valence-corrected chi connectivity index (χ1v) is 9.16. The SMILES string of the molecule is Cc1nnc2ccc(N3CC(N(C)c4nc5c(s4)CCC5)C3)nn12. The van der Waals surface area contributed by atoms with Gasteiger partial charge in [-0.05, 0) is 38.3 Å². The molecule has 3 aromatic rings. The van der Waals surface area contributed by atoms with E-state index >= 15 is 0 Å². The molecule has 3 aromatic heterocycles. The number of fused-ring (bicyclic) bond motifs is 2. The van der Waals surface area contributed by atoms with Crippen molar-refractivity contribution in [2.45, 2.75) is 32.2 Å². The molecule has 2 aliphatic rings. The molecule has 0 N–H and O–H groups in total. The molecule has 0 radical (unpaired) electrons. The molecular formula is C16H19N7S. The predicted octanol–water partition coefficient (Wildman–Crippen LogP) is 1.70. The molecular weight excluding hydrogens is 322 g/mol. The Labute approximate surface area is 143 Å². The molecule has 1 saturated heterocycles. The summed E-state index contributed by atoms with van der Waals surface area (Å²) in [6.45, 7) is 3.87. The summed E-state index contributed by atoms with van der Waals surface area (Å²) in [7, 11) is 2.16. The van der Waals surface area contributed by atoms with Crippen molar-refractivity contribution in [2.75, 3.05) is 29.9 Å². The molecule has 7 nitrogen and oxygen atoms in total. The van der Waals surface area contributed by atoms with Gasteiger partial charge in [0.1, 0.15) is 5.82 Å². The van der Waals surface area contributed by atoms with Crippen LogP contribution in [0, 0.1) is 6.92 Å². The van der Waals surface area contributed by atoms with E-state index < -0.39 is 0 Å². The molecule has 4 heterocycles. The molecule has 0 amide bonds. The van der Waals surface area contributed by atoms with Crippen LogP contribution in [-0.2, 0) is 12.8 Å². The van der Waals surface area contributed by atoms with Crippen LogP contribution in [0.25, 0.3) is 5.65 Å². The van der Waals surface area contributed by atoms with Gasteiger partial charge in [-0.15, -0.1) is 26.6 Å². The lowest BCUT2D eigenvalue weighted by molar-refractivity contribution is 0.489. The molecule has 0 aromatic carbocycles. The van der Waals surface area contributed by atoms with Crippen LogP contribution in [0.5, 0.6) is 0 Å². The number of likely N-dealkylation sites (N-methyl/N-ethyl adjacent to an activating group) is 1. The summed E-state index contributed by atoms with van der Waals surface area (Å²) in [6.07, 6.45) is 3.63. The lowest BCUT2D eigenvalue weighted by atomic mass is 10.1. The molecule has 8 heteroatoms. The molecule has 1 aliphatic heterocycles. The summed E-state index contributed by atoms with van der Waals surface area (Å²) in [5, 5.41) is 14.0. The highest BCUT2D eigenvalue weighted by molar-refractivity contribution is 7.15. The van der Waals surface area contributed by atoms with E-state index in [9.17, 15) is 0 Å². The van der Waals surface area contributed by atoms with Crippen LogP contribution in [0.15, 0.2) is 12.1 Å². The van der Waals surface area contributed by atoms with Crippen LogP contribution in [-0.4, -0.2) is 51.0 Å². The van der Waals surface area contributed by atoms with Crippen LogP contribution < -0.4 is 9.80 Å². The minimum absolute atomic E-state index is 0.496. The van der Waals surface area contributed by atoms with Crippen LogP contribution >= 0.6 is 11.3 Å². The number of anilines is 2. The molecule has 1 aliphatic carbocycles. The third-order valence-corrected chi connectivity index (χ3v) is 6.27. The maximum absolute atomic E-state index is 4.83. The molecule has 0 saturated carbocycles. The number of rotatable bonds is 3. The Kier molecular flexibility index (Phi) is 3.03. The van der Waals surface area contributed by atoms with Gasteiger partial charge in [0, 0.05) is 25.0 Å². The minimum atomic E-state index is 0.496. The molecule has 0 spiro atoms. The van der Waals surface area contributed by atoms with Crippen molar-refractivity contribution >= 4 is 27.9 Å². The van der Waals surface area contributed by atoms with Gasteiger partial charge >= 0.3 is 0 Å². The van der Waals surface area contributed by atoms with Crippen LogP contribution in [0.1, 0.15) is 22.8 Å². The summed E-state index contributed by atoms with van der Waals surface area (Å²) >= 11 is 1.87. The zero-order valence-electron chi connectivity index (χ0n) is 13.8. The Morgan fingerprint density at radius 1 is 1.21 bits per heavy atom. The van der Waals surface area contributed by atoms with Gasteiger partial charge in [0.2, 0.25) is 0 Å². The van der Waals surface area contributed by atoms with Crippen molar-refractivity contribution in [3.05, 3.63) is 28.5 Å². The Hall–Kier alpha value is -2.22. The van der Waals surface area contributed by atoms with Crippen molar-refractivity contribution < 1.29 is 0 Å². The van der Waals surface area contributed by atoms with E-state index in [0.717, 1.165) is 36.8 Å². The Bertz CT molecular complexity index is 887. The quantitative estimate of drug-likeness (QED) is 0.723. The first-order valence-electron chi connectivity index (χ1n) is 8.34. The number of thiazole rings is 1. The maximum Gasteiger partial charge on any atom is 0.185 e. The van der Waals surface area contributed by atoms with E-state index in [1.54, 1.807) is 4.52 Å². The molecule has 1 fully saturated rings. The molecule has 24 heavy (non-hydrogen) atoms. The van der Waals surface area contributed by atoms with Gasteiger partial charge in [0.15, 0.2) is 16.6 Å². The van der Waals surface area contributed by atoms with E-state index in [1.807, 2.05) is 30.4 Å². The predicted molar refractivity (Wildman–Crippen MR) is 94.1 cm³/mol. The first kappa shape index (κ1) is 14.2. The third kappa shape index (κ3) is 2.09. The summed E-state index contributed by atoms with van der Waals surface area (Å²) in [4.78, 5) is 10.9. The maximum atomic E-state index is 4.83. The average Bonchev–Trinajstić information content (AvgIpc) is 3.21. The van der Waals surface area contributed by atoms with Gasteiger partial charge in [-0.2, -0.15) is 4.52 Å². The van der Waals surface area contributed by atoms with Crippen molar-refractivity contribution in [2.24, 2.45) is 0 Å². The van der Waals surface area contributed by atoms with Gasteiger partial charge in [-0.1, -0.05) is 0 Å². The van der Waals surface area contributed by atoms with E-state index in [4.69, 9.17) is 4.98 Å². The highest BCUT2D eigenvalue weighted by Gasteiger charge is 2.33. The number of hydrogen-bond acceptors (Lipinski definition) is 7. The fourth-order valence-corrected chi connectivity index (χ4v) is 4.61. The van der Waals surface area contributed by atoms with Crippen molar-refractivity contribution in [1.82, 2.24) is 24.8 Å². The first-order chi connectivity index (χ1) is 11.7. The second kappa shape index (κ2) is 5.14.